The lowest BCUT2D eigenvalue weighted by Crippen LogP contribution is -2.11. The highest BCUT2D eigenvalue weighted by Gasteiger charge is 2.11. The molecule has 0 spiro atoms. The maximum absolute atomic E-state index is 13.0. The SMILES string of the molecule is Cc1nccnc1C(C)Nc1ccc(F)cc1Br. The maximum atomic E-state index is 13.0. The van der Waals surface area contributed by atoms with Gasteiger partial charge in [-0.1, -0.05) is 0 Å². The van der Waals surface area contributed by atoms with Crippen LogP contribution in [0.15, 0.2) is 35.1 Å². The van der Waals surface area contributed by atoms with E-state index in [2.05, 4.69) is 31.2 Å². The lowest BCUT2D eigenvalue weighted by atomic mass is 10.1. The predicted molar refractivity (Wildman–Crippen MR) is 72.9 cm³/mol. The molecule has 1 aromatic carbocycles. The molecule has 2 aromatic rings. The van der Waals surface area contributed by atoms with Gasteiger partial charge in [-0.05, 0) is 48.0 Å². The average molecular weight is 310 g/mol. The summed E-state index contributed by atoms with van der Waals surface area (Å²) in [6, 6.07) is 4.55. The summed E-state index contributed by atoms with van der Waals surface area (Å²) in [5.74, 6) is -0.268. The van der Waals surface area contributed by atoms with E-state index in [1.807, 2.05) is 13.8 Å². The van der Waals surface area contributed by atoms with E-state index in [1.54, 1.807) is 18.5 Å². The number of benzene rings is 1. The van der Waals surface area contributed by atoms with E-state index in [0.29, 0.717) is 4.47 Å². The molecule has 0 bridgehead atoms. The highest BCUT2D eigenvalue weighted by molar-refractivity contribution is 9.10. The highest BCUT2D eigenvalue weighted by Crippen LogP contribution is 2.27. The molecule has 0 aliphatic heterocycles. The summed E-state index contributed by atoms with van der Waals surface area (Å²) in [5.41, 5.74) is 2.60. The lowest BCUT2D eigenvalue weighted by molar-refractivity contribution is 0.627. The molecule has 0 saturated heterocycles. The second-order valence-corrected chi connectivity index (χ2v) is 4.87. The lowest BCUT2D eigenvalue weighted by Gasteiger charge is -2.17. The Kier molecular flexibility index (Phi) is 3.91. The Morgan fingerprint density at radius 3 is 2.67 bits per heavy atom. The Labute approximate surface area is 114 Å². The van der Waals surface area contributed by atoms with Gasteiger partial charge in [-0.3, -0.25) is 9.97 Å². The third-order valence-corrected chi connectivity index (χ3v) is 3.29. The predicted octanol–water partition coefficient (Wildman–Crippen LogP) is 3.86. The van der Waals surface area contributed by atoms with Crippen molar-refractivity contribution in [1.29, 1.82) is 0 Å². The summed E-state index contributed by atoms with van der Waals surface area (Å²) in [5, 5.41) is 3.28. The number of rotatable bonds is 3. The molecule has 0 radical (unpaired) electrons. The third-order valence-electron chi connectivity index (χ3n) is 2.63. The van der Waals surface area contributed by atoms with E-state index in [9.17, 15) is 4.39 Å². The molecule has 94 valence electrons. The molecule has 0 amide bonds. The van der Waals surface area contributed by atoms with Crippen LogP contribution in [0.3, 0.4) is 0 Å². The highest BCUT2D eigenvalue weighted by atomic mass is 79.9. The molecule has 2 rings (SSSR count). The fraction of sp³-hybridized carbons (Fsp3) is 0.231. The van der Waals surface area contributed by atoms with Gasteiger partial charge in [-0.15, -0.1) is 0 Å². The summed E-state index contributed by atoms with van der Waals surface area (Å²) < 4.78 is 13.7. The van der Waals surface area contributed by atoms with Gasteiger partial charge in [0, 0.05) is 22.6 Å². The second kappa shape index (κ2) is 5.44. The molecule has 5 heteroatoms. The van der Waals surface area contributed by atoms with Crippen LogP contribution in [0, 0.1) is 12.7 Å². The zero-order chi connectivity index (χ0) is 13.1. The molecule has 1 aromatic heterocycles. The number of anilines is 1. The summed E-state index contributed by atoms with van der Waals surface area (Å²) in [7, 11) is 0. The van der Waals surface area contributed by atoms with Crippen molar-refractivity contribution in [2.24, 2.45) is 0 Å². The zero-order valence-electron chi connectivity index (χ0n) is 10.1. The van der Waals surface area contributed by atoms with Crippen LogP contribution >= 0.6 is 15.9 Å². The van der Waals surface area contributed by atoms with Crippen LogP contribution in [0.4, 0.5) is 10.1 Å². The Bertz CT molecular complexity index is 560. The van der Waals surface area contributed by atoms with Gasteiger partial charge in [0.1, 0.15) is 5.82 Å². The monoisotopic (exact) mass is 309 g/mol. The van der Waals surface area contributed by atoms with Gasteiger partial charge in [0.25, 0.3) is 0 Å². The van der Waals surface area contributed by atoms with Crippen molar-refractivity contribution in [3.05, 3.63) is 52.3 Å². The van der Waals surface area contributed by atoms with Crippen molar-refractivity contribution in [2.45, 2.75) is 19.9 Å². The molecule has 18 heavy (non-hydrogen) atoms. The first-order valence-corrected chi connectivity index (χ1v) is 6.36. The summed E-state index contributed by atoms with van der Waals surface area (Å²) >= 11 is 3.33. The summed E-state index contributed by atoms with van der Waals surface area (Å²) in [6.45, 7) is 3.91. The Hall–Kier alpha value is -1.49. The van der Waals surface area contributed by atoms with Crippen molar-refractivity contribution in [1.82, 2.24) is 9.97 Å². The first-order valence-electron chi connectivity index (χ1n) is 5.57. The number of aromatic nitrogens is 2. The van der Waals surface area contributed by atoms with E-state index in [4.69, 9.17) is 0 Å². The quantitative estimate of drug-likeness (QED) is 0.935. The Balaban J connectivity index is 2.21. The molecular weight excluding hydrogens is 297 g/mol. The number of halogens is 2. The van der Waals surface area contributed by atoms with Gasteiger partial charge in [0.2, 0.25) is 0 Å². The molecule has 1 N–H and O–H groups in total. The van der Waals surface area contributed by atoms with Crippen molar-refractivity contribution in [3.63, 3.8) is 0 Å². The first-order chi connectivity index (χ1) is 8.58. The van der Waals surface area contributed by atoms with Crippen molar-refractivity contribution in [2.75, 3.05) is 5.32 Å². The van der Waals surface area contributed by atoms with Gasteiger partial charge >= 0.3 is 0 Å². The molecular formula is C13H13BrFN3. The van der Waals surface area contributed by atoms with Crippen LogP contribution in [0.25, 0.3) is 0 Å². The van der Waals surface area contributed by atoms with Gasteiger partial charge in [0.15, 0.2) is 0 Å². The van der Waals surface area contributed by atoms with Gasteiger partial charge in [-0.2, -0.15) is 0 Å². The van der Waals surface area contributed by atoms with E-state index in [-0.39, 0.29) is 11.9 Å². The van der Waals surface area contributed by atoms with Gasteiger partial charge < -0.3 is 5.32 Å². The van der Waals surface area contributed by atoms with Gasteiger partial charge in [-0.25, -0.2) is 4.39 Å². The van der Waals surface area contributed by atoms with Crippen molar-refractivity contribution in [3.8, 4) is 0 Å². The summed E-state index contributed by atoms with van der Waals surface area (Å²) in [4.78, 5) is 8.51. The fourth-order valence-electron chi connectivity index (χ4n) is 1.75. The topological polar surface area (TPSA) is 37.8 Å². The van der Waals surface area contributed by atoms with Crippen LogP contribution in [-0.2, 0) is 0 Å². The standard InChI is InChI=1S/C13H13BrFN3/c1-8-13(17-6-5-16-8)9(2)18-12-4-3-10(15)7-11(12)14/h3-7,9,18H,1-2H3. The second-order valence-electron chi connectivity index (χ2n) is 4.02. The number of hydrogen-bond donors (Lipinski definition) is 1. The third kappa shape index (κ3) is 2.85. The van der Waals surface area contributed by atoms with Crippen LogP contribution in [0.1, 0.15) is 24.4 Å². The molecule has 1 atom stereocenters. The van der Waals surface area contributed by atoms with E-state index < -0.39 is 0 Å². The van der Waals surface area contributed by atoms with Crippen LogP contribution in [0.2, 0.25) is 0 Å². The first kappa shape index (κ1) is 13.0. The Morgan fingerprint density at radius 1 is 1.28 bits per heavy atom. The molecule has 0 aliphatic carbocycles. The molecule has 0 aliphatic rings. The number of aryl methyl sites for hydroxylation is 1. The number of nitrogens with zero attached hydrogens (tertiary/aromatic N) is 2. The van der Waals surface area contributed by atoms with Gasteiger partial charge in [0.05, 0.1) is 17.4 Å². The van der Waals surface area contributed by atoms with Crippen LogP contribution in [-0.4, -0.2) is 9.97 Å². The van der Waals surface area contributed by atoms with Crippen LogP contribution in [0.5, 0.6) is 0 Å². The average Bonchev–Trinajstić information content (AvgIpc) is 2.33. The van der Waals surface area contributed by atoms with Crippen molar-refractivity contribution < 1.29 is 4.39 Å². The minimum absolute atomic E-state index is 0.000427. The largest absolute Gasteiger partial charge is 0.376 e. The molecule has 1 heterocycles. The summed E-state index contributed by atoms with van der Waals surface area (Å²) in [6.07, 6.45) is 3.33. The smallest absolute Gasteiger partial charge is 0.124 e. The van der Waals surface area contributed by atoms with E-state index >= 15 is 0 Å². The van der Waals surface area contributed by atoms with Crippen molar-refractivity contribution >= 4 is 21.6 Å². The zero-order valence-corrected chi connectivity index (χ0v) is 11.7. The Morgan fingerprint density at radius 2 is 2.00 bits per heavy atom. The van der Waals surface area contributed by atoms with E-state index in [1.165, 1.54) is 12.1 Å². The fourth-order valence-corrected chi connectivity index (χ4v) is 2.22. The number of nitrogens with one attached hydrogen (secondary N) is 1. The van der Waals surface area contributed by atoms with E-state index in [0.717, 1.165) is 17.1 Å². The maximum Gasteiger partial charge on any atom is 0.124 e. The normalized spacial score (nSPS) is 12.2. The van der Waals surface area contributed by atoms with Crippen LogP contribution < -0.4 is 5.32 Å². The molecule has 0 fully saturated rings. The minimum atomic E-state index is -0.268. The number of hydrogen-bond acceptors (Lipinski definition) is 3. The molecule has 1 unspecified atom stereocenters. The molecule has 0 saturated carbocycles. The molecule has 3 nitrogen and oxygen atoms in total. The minimum Gasteiger partial charge on any atom is -0.376 e.